The van der Waals surface area contributed by atoms with Crippen LogP contribution in [-0.2, 0) is 10.0 Å². The van der Waals surface area contributed by atoms with E-state index in [1.807, 2.05) is 61.5 Å². The number of hydrogen-bond donors (Lipinski definition) is 2. The summed E-state index contributed by atoms with van der Waals surface area (Å²) in [6.45, 7) is 2.00. The normalized spacial score (nSPS) is 12.4. The van der Waals surface area contributed by atoms with E-state index in [1.54, 1.807) is 12.1 Å². The molecule has 2 N–H and O–H groups in total. The minimum Gasteiger partial charge on any atom is -0.341 e. The molecule has 6 heteroatoms. The van der Waals surface area contributed by atoms with Crippen LogP contribution in [0.2, 0.25) is 0 Å². The molecule has 144 valence electrons. The van der Waals surface area contributed by atoms with E-state index in [-0.39, 0.29) is 22.4 Å². The highest BCUT2D eigenvalue weighted by Crippen LogP contribution is 2.25. The van der Waals surface area contributed by atoms with E-state index in [9.17, 15) is 13.2 Å². The van der Waals surface area contributed by atoms with Crippen LogP contribution in [0.5, 0.6) is 0 Å². The van der Waals surface area contributed by atoms with Gasteiger partial charge in [0, 0.05) is 5.56 Å². The van der Waals surface area contributed by atoms with Gasteiger partial charge in [-0.1, -0.05) is 60.7 Å². The average Bonchev–Trinajstić information content (AvgIpc) is 2.73. The van der Waals surface area contributed by atoms with E-state index in [4.69, 9.17) is 0 Å². The van der Waals surface area contributed by atoms with Crippen LogP contribution in [0.3, 0.4) is 0 Å². The van der Waals surface area contributed by atoms with Crippen molar-refractivity contribution < 1.29 is 13.2 Å². The molecule has 0 aliphatic carbocycles. The Bertz CT molecular complexity index is 1080. The van der Waals surface area contributed by atoms with Crippen molar-refractivity contribution in [2.75, 3.05) is 7.05 Å². The molecule has 0 heterocycles. The maximum Gasteiger partial charge on any atom is 0.252 e. The molecule has 3 aromatic rings. The Morgan fingerprint density at radius 3 is 2.25 bits per heavy atom. The first kappa shape index (κ1) is 19.8. The summed E-state index contributed by atoms with van der Waals surface area (Å²) in [5, 5.41) is 3.05. The van der Waals surface area contributed by atoms with Gasteiger partial charge in [0.2, 0.25) is 10.0 Å². The Morgan fingerprint density at radius 2 is 1.57 bits per heavy atom. The molecule has 0 unspecified atom stereocenters. The molecule has 0 radical (unpaired) electrons. The summed E-state index contributed by atoms with van der Waals surface area (Å²) in [6, 6.07) is 23.2. The van der Waals surface area contributed by atoms with Gasteiger partial charge < -0.3 is 5.32 Å². The number of sulfonamides is 1. The summed E-state index contributed by atoms with van der Waals surface area (Å²) >= 11 is 0. The number of aryl methyl sites for hydroxylation is 1. The van der Waals surface area contributed by atoms with Crippen LogP contribution in [0.1, 0.15) is 33.1 Å². The number of hydrogen-bond acceptors (Lipinski definition) is 3. The predicted octanol–water partition coefficient (Wildman–Crippen LogP) is 3.42. The minimum atomic E-state index is -3.62. The number of amides is 1. The van der Waals surface area contributed by atoms with Gasteiger partial charge in [-0.2, -0.15) is 0 Å². The molecular weight excluding hydrogens is 372 g/mol. The smallest absolute Gasteiger partial charge is 0.252 e. The van der Waals surface area contributed by atoms with Crippen LogP contribution in [-0.4, -0.2) is 21.4 Å². The number of nitrogens with one attached hydrogen (secondary N) is 2. The van der Waals surface area contributed by atoms with Crippen molar-refractivity contribution in [3.05, 3.63) is 101 Å². The molecule has 3 rings (SSSR count). The highest BCUT2D eigenvalue weighted by atomic mass is 32.2. The molecule has 5 nitrogen and oxygen atoms in total. The molecule has 0 saturated heterocycles. The van der Waals surface area contributed by atoms with Crippen molar-refractivity contribution in [2.45, 2.75) is 17.9 Å². The third-order valence-electron chi connectivity index (χ3n) is 4.58. The predicted molar refractivity (Wildman–Crippen MR) is 110 cm³/mol. The Kier molecular flexibility index (Phi) is 5.92. The maximum atomic E-state index is 13.0. The van der Waals surface area contributed by atoms with Crippen molar-refractivity contribution in [3.8, 4) is 0 Å². The van der Waals surface area contributed by atoms with E-state index in [1.165, 1.54) is 19.2 Å². The zero-order valence-corrected chi connectivity index (χ0v) is 16.5. The van der Waals surface area contributed by atoms with E-state index < -0.39 is 10.0 Å². The molecule has 0 aromatic heterocycles. The largest absolute Gasteiger partial charge is 0.341 e. The van der Waals surface area contributed by atoms with Crippen LogP contribution in [0.25, 0.3) is 0 Å². The zero-order valence-electron chi connectivity index (χ0n) is 15.7. The van der Waals surface area contributed by atoms with Gasteiger partial charge in [-0.25, -0.2) is 13.1 Å². The number of carbonyl (C=O) groups excluding carboxylic acids is 1. The van der Waals surface area contributed by atoms with Crippen LogP contribution in [0.15, 0.2) is 83.8 Å². The van der Waals surface area contributed by atoms with E-state index >= 15 is 0 Å². The Labute approximate surface area is 165 Å². The number of carbonyl (C=O) groups is 1. The van der Waals surface area contributed by atoms with Crippen molar-refractivity contribution >= 4 is 15.9 Å². The van der Waals surface area contributed by atoms with Crippen LogP contribution >= 0.6 is 0 Å². The first-order valence-corrected chi connectivity index (χ1v) is 10.4. The first-order chi connectivity index (χ1) is 13.4. The quantitative estimate of drug-likeness (QED) is 0.673. The highest BCUT2D eigenvalue weighted by Gasteiger charge is 2.20. The minimum absolute atomic E-state index is 0.0507. The standard InChI is InChI=1S/C22H22N2O3S/c1-16-9-6-7-14-20(16)21(17-10-4-3-5-11-17)24-22(25)18-12-8-13-19(15-18)28(26,27)23-2/h3-15,21,23H,1-2H3,(H,24,25)/t21-/m1/s1. The fraction of sp³-hybridized carbons (Fsp3) is 0.136. The van der Waals surface area contributed by atoms with Gasteiger partial charge in [-0.3, -0.25) is 4.79 Å². The summed E-state index contributed by atoms with van der Waals surface area (Å²) in [6.07, 6.45) is 0. The summed E-state index contributed by atoms with van der Waals surface area (Å²) < 4.78 is 26.3. The van der Waals surface area contributed by atoms with Crippen LogP contribution in [0.4, 0.5) is 0 Å². The molecule has 0 saturated carbocycles. The molecule has 1 atom stereocenters. The maximum absolute atomic E-state index is 13.0. The SMILES string of the molecule is CNS(=O)(=O)c1cccc(C(=O)N[C@H](c2ccccc2)c2ccccc2C)c1. The van der Waals surface area contributed by atoms with Gasteiger partial charge in [0.25, 0.3) is 5.91 Å². The van der Waals surface area contributed by atoms with Gasteiger partial charge >= 0.3 is 0 Å². The molecule has 0 aliphatic heterocycles. The van der Waals surface area contributed by atoms with Gasteiger partial charge in [-0.05, 0) is 48.9 Å². The van der Waals surface area contributed by atoms with Gasteiger partial charge in [0.15, 0.2) is 0 Å². The van der Waals surface area contributed by atoms with E-state index in [0.717, 1.165) is 16.7 Å². The Hall–Kier alpha value is -2.96. The second-order valence-electron chi connectivity index (χ2n) is 6.41. The molecule has 1 amide bonds. The van der Waals surface area contributed by atoms with Crippen molar-refractivity contribution in [2.24, 2.45) is 0 Å². The van der Waals surface area contributed by atoms with Crippen LogP contribution in [0, 0.1) is 6.92 Å². The molecule has 0 bridgehead atoms. The zero-order chi connectivity index (χ0) is 20.1. The monoisotopic (exact) mass is 394 g/mol. The Balaban J connectivity index is 1.97. The van der Waals surface area contributed by atoms with Crippen molar-refractivity contribution in [1.29, 1.82) is 0 Å². The lowest BCUT2D eigenvalue weighted by Crippen LogP contribution is -2.30. The second kappa shape index (κ2) is 8.37. The Morgan fingerprint density at radius 1 is 0.893 bits per heavy atom. The van der Waals surface area contributed by atoms with E-state index in [0.29, 0.717) is 0 Å². The summed E-state index contributed by atoms with van der Waals surface area (Å²) in [5.41, 5.74) is 3.28. The molecule has 3 aromatic carbocycles. The number of benzene rings is 3. The van der Waals surface area contributed by atoms with Crippen molar-refractivity contribution in [3.63, 3.8) is 0 Å². The fourth-order valence-electron chi connectivity index (χ4n) is 3.03. The third kappa shape index (κ3) is 4.30. The topological polar surface area (TPSA) is 75.3 Å². The average molecular weight is 394 g/mol. The highest BCUT2D eigenvalue weighted by molar-refractivity contribution is 7.89. The molecule has 0 spiro atoms. The lowest BCUT2D eigenvalue weighted by molar-refractivity contribution is 0.0942. The second-order valence-corrected chi connectivity index (χ2v) is 8.30. The summed E-state index contributed by atoms with van der Waals surface area (Å²) in [5.74, 6) is -0.342. The van der Waals surface area contributed by atoms with Crippen molar-refractivity contribution in [1.82, 2.24) is 10.0 Å². The van der Waals surface area contributed by atoms with Gasteiger partial charge in [0.1, 0.15) is 0 Å². The summed E-state index contributed by atoms with van der Waals surface area (Å²) in [4.78, 5) is 13.0. The molecular formula is C22H22N2O3S. The fourth-order valence-corrected chi connectivity index (χ4v) is 3.81. The van der Waals surface area contributed by atoms with Gasteiger partial charge in [0.05, 0.1) is 10.9 Å². The lowest BCUT2D eigenvalue weighted by atomic mass is 9.94. The molecule has 28 heavy (non-hydrogen) atoms. The van der Waals surface area contributed by atoms with E-state index in [2.05, 4.69) is 10.0 Å². The van der Waals surface area contributed by atoms with Gasteiger partial charge in [-0.15, -0.1) is 0 Å². The first-order valence-electron chi connectivity index (χ1n) is 8.87. The summed E-state index contributed by atoms with van der Waals surface area (Å²) in [7, 11) is -2.28. The number of rotatable bonds is 6. The third-order valence-corrected chi connectivity index (χ3v) is 6.00. The molecule has 0 fully saturated rings. The van der Waals surface area contributed by atoms with Crippen LogP contribution < -0.4 is 10.0 Å². The molecule has 0 aliphatic rings. The lowest BCUT2D eigenvalue weighted by Gasteiger charge is -2.22.